The molecule has 0 amide bonds. The van der Waals surface area contributed by atoms with Crippen LogP contribution in [0.15, 0.2) is 18.2 Å². The summed E-state index contributed by atoms with van der Waals surface area (Å²) >= 11 is 0. The van der Waals surface area contributed by atoms with E-state index >= 15 is 0 Å². The highest BCUT2D eigenvalue weighted by atomic mass is 16.5. The van der Waals surface area contributed by atoms with Crippen molar-refractivity contribution < 1.29 is 9.53 Å². The number of hydrogen-bond donors (Lipinski definition) is 1. The van der Waals surface area contributed by atoms with E-state index in [4.69, 9.17) is 10.5 Å². The molecule has 2 rings (SSSR count). The van der Waals surface area contributed by atoms with Crippen LogP contribution in [0.4, 0.5) is 11.4 Å². The molecule has 98 valence electrons. The van der Waals surface area contributed by atoms with Gasteiger partial charge in [-0.15, -0.1) is 0 Å². The Morgan fingerprint density at radius 2 is 2.06 bits per heavy atom. The Hall–Kier alpha value is -1.71. The smallest absolute Gasteiger partial charge is 0.340 e. The minimum atomic E-state index is -0.331. The largest absolute Gasteiger partial charge is 0.465 e. The van der Waals surface area contributed by atoms with Crippen LogP contribution in [0.5, 0.6) is 0 Å². The van der Waals surface area contributed by atoms with Gasteiger partial charge in [0.25, 0.3) is 0 Å². The summed E-state index contributed by atoms with van der Waals surface area (Å²) in [6, 6.07) is 5.85. The number of anilines is 2. The minimum Gasteiger partial charge on any atom is -0.465 e. The maximum atomic E-state index is 11.8. The van der Waals surface area contributed by atoms with Gasteiger partial charge < -0.3 is 15.4 Å². The van der Waals surface area contributed by atoms with E-state index in [0.29, 0.717) is 17.3 Å². The maximum Gasteiger partial charge on any atom is 0.340 e. The standard InChI is InChI=1S/C14H20N2O2/c1-16(10-6-3-4-7-10)13-11(14(17)18-2)8-5-9-12(13)15/h5,8-10H,3-4,6-7,15H2,1-2H3. The minimum absolute atomic E-state index is 0.331. The molecule has 4 nitrogen and oxygen atoms in total. The van der Waals surface area contributed by atoms with E-state index in [1.54, 1.807) is 12.1 Å². The zero-order valence-electron chi connectivity index (χ0n) is 11.0. The number of methoxy groups -OCH3 is 1. The molecular weight excluding hydrogens is 228 g/mol. The molecule has 1 aliphatic carbocycles. The number of hydrogen-bond acceptors (Lipinski definition) is 4. The summed E-state index contributed by atoms with van der Waals surface area (Å²) in [6.45, 7) is 0. The molecule has 1 saturated carbocycles. The molecule has 2 N–H and O–H groups in total. The molecule has 0 aromatic heterocycles. The second-order valence-corrected chi connectivity index (χ2v) is 4.78. The Balaban J connectivity index is 2.38. The highest BCUT2D eigenvalue weighted by molar-refractivity contribution is 5.99. The summed E-state index contributed by atoms with van der Waals surface area (Å²) in [5, 5.41) is 0. The topological polar surface area (TPSA) is 55.6 Å². The van der Waals surface area contributed by atoms with Gasteiger partial charge in [0.15, 0.2) is 0 Å². The lowest BCUT2D eigenvalue weighted by molar-refractivity contribution is 0.0601. The van der Waals surface area contributed by atoms with Crippen LogP contribution in [0.1, 0.15) is 36.0 Å². The van der Waals surface area contributed by atoms with E-state index in [9.17, 15) is 4.79 Å². The third-order valence-electron chi connectivity index (χ3n) is 3.70. The number of para-hydroxylation sites is 1. The van der Waals surface area contributed by atoms with E-state index in [-0.39, 0.29) is 5.97 Å². The zero-order chi connectivity index (χ0) is 13.1. The molecule has 0 atom stereocenters. The van der Waals surface area contributed by atoms with Crippen molar-refractivity contribution in [3.8, 4) is 0 Å². The van der Waals surface area contributed by atoms with Crippen molar-refractivity contribution in [3.63, 3.8) is 0 Å². The number of nitrogen functional groups attached to an aromatic ring is 1. The Labute approximate surface area is 108 Å². The van der Waals surface area contributed by atoms with Gasteiger partial charge in [0, 0.05) is 13.1 Å². The number of ether oxygens (including phenoxy) is 1. The van der Waals surface area contributed by atoms with Gasteiger partial charge in [-0.1, -0.05) is 18.9 Å². The molecular formula is C14H20N2O2. The first-order chi connectivity index (χ1) is 8.65. The Bertz CT molecular complexity index is 439. The van der Waals surface area contributed by atoms with Crippen molar-refractivity contribution in [1.29, 1.82) is 0 Å². The van der Waals surface area contributed by atoms with Crippen LogP contribution >= 0.6 is 0 Å². The summed E-state index contributed by atoms with van der Waals surface area (Å²) in [5.41, 5.74) is 8.01. The third kappa shape index (κ3) is 2.28. The van der Waals surface area contributed by atoms with Crippen LogP contribution < -0.4 is 10.6 Å². The second kappa shape index (κ2) is 5.29. The summed E-state index contributed by atoms with van der Waals surface area (Å²) in [4.78, 5) is 13.9. The molecule has 0 spiro atoms. The van der Waals surface area contributed by atoms with Crippen LogP contribution in [0.3, 0.4) is 0 Å². The number of rotatable bonds is 3. The zero-order valence-corrected chi connectivity index (χ0v) is 11.0. The molecule has 0 aliphatic heterocycles. The molecule has 1 aromatic rings. The average molecular weight is 248 g/mol. The average Bonchev–Trinajstić information content (AvgIpc) is 2.90. The van der Waals surface area contributed by atoms with Gasteiger partial charge in [-0.2, -0.15) is 0 Å². The monoisotopic (exact) mass is 248 g/mol. The Morgan fingerprint density at radius 1 is 1.39 bits per heavy atom. The van der Waals surface area contributed by atoms with Gasteiger partial charge in [0.05, 0.1) is 24.0 Å². The lowest BCUT2D eigenvalue weighted by Gasteiger charge is -2.29. The number of carbonyl (C=O) groups excluding carboxylic acids is 1. The first kappa shape index (κ1) is 12.7. The number of carbonyl (C=O) groups is 1. The molecule has 18 heavy (non-hydrogen) atoms. The summed E-state index contributed by atoms with van der Waals surface area (Å²) in [6.07, 6.45) is 4.81. The molecule has 0 unspecified atom stereocenters. The van der Waals surface area contributed by atoms with Crippen molar-refractivity contribution in [1.82, 2.24) is 0 Å². The number of esters is 1. The van der Waals surface area contributed by atoms with Crippen LogP contribution in [-0.2, 0) is 4.74 Å². The van der Waals surface area contributed by atoms with Crippen LogP contribution in [-0.4, -0.2) is 26.2 Å². The highest BCUT2D eigenvalue weighted by Gasteiger charge is 2.25. The fourth-order valence-corrected chi connectivity index (χ4v) is 2.70. The number of benzene rings is 1. The molecule has 0 bridgehead atoms. The number of nitrogens with two attached hydrogens (primary N) is 1. The fourth-order valence-electron chi connectivity index (χ4n) is 2.70. The first-order valence-corrected chi connectivity index (χ1v) is 6.34. The maximum absolute atomic E-state index is 11.8. The number of nitrogens with zero attached hydrogens (tertiary/aromatic N) is 1. The van der Waals surface area contributed by atoms with Gasteiger partial charge in [0.2, 0.25) is 0 Å². The molecule has 0 heterocycles. The molecule has 0 saturated heterocycles. The Kier molecular flexibility index (Phi) is 3.75. The lowest BCUT2D eigenvalue weighted by atomic mass is 10.1. The molecule has 1 aliphatic rings. The highest BCUT2D eigenvalue weighted by Crippen LogP contribution is 2.33. The first-order valence-electron chi connectivity index (χ1n) is 6.34. The summed E-state index contributed by atoms with van der Waals surface area (Å²) < 4.78 is 4.82. The summed E-state index contributed by atoms with van der Waals surface area (Å²) in [7, 11) is 3.40. The predicted molar refractivity (Wildman–Crippen MR) is 72.9 cm³/mol. The molecule has 1 fully saturated rings. The van der Waals surface area contributed by atoms with E-state index in [1.807, 2.05) is 13.1 Å². The SMILES string of the molecule is COC(=O)c1cccc(N)c1N(C)C1CCCC1. The van der Waals surface area contributed by atoms with E-state index in [1.165, 1.54) is 20.0 Å². The third-order valence-corrected chi connectivity index (χ3v) is 3.70. The van der Waals surface area contributed by atoms with Crippen molar-refractivity contribution >= 4 is 17.3 Å². The van der Waals surface area contributed by atoms with Crippen LogP contribution in [0.25, 0.3) is 0 Å². The summed E-state index contributed by atoms with van der Waals surface area (Å²) in [5.74, 6) is -0.331. The quantitative estimate of drug-likeness (QED) is 0.659. The van der Waals surface area contributed by atoms with Crippen LogP contribution in [0, 0.1) is 0 Å². The predicted octanol–water partition coefficient (Wildman–Crippen LogP) is 2.43. The second-order valence-electron chi connectivity index (χ2n) is 4.78. The van der Waals surface area contributed by atoms with Crippen molar-refractivity contribution in [2.24, 2.45) is 0 Å². The van der Waals surface area contributed by atoms with Gasteiger partial charge in [-0.3, -0.25) is 0 Å². The van der Waals surface area contributed by atoms with E-state index in [2.05, 4.69) is 4.90 Å². The van der Waals surface area contributed by atoms with Gasteiger partial charge in [0.1, 0.15) is 0 Å². The lowest BCUT2D eigenvalue weighted by Crippen LogP contribution is -2.31. The van der Waals surface area contributed by atoms with E-state index in [0.717, 1.165) is 18.5 Å². The van der Waals surface area contributed by atoms with Gasteiger partial charge in [-0.25, -0.2) is 4.79 Å². The van der Waals surface area contributed by atoms with Gasteiger partial charge in [-0.05, 0) is 25.0 Å². The molecule has 4 heteroatoms. The fraction of sp³-hybridized carbons (Fsp3) is 0.500. The molecule has 0 radical (unpaired) electrons. The normalized spacial score (nSPS) is 15.7. The van der Waals surface area contributed by atoms with Crippen molar-refractivity contribution in [3.05, 3.63) is 23.8 Å². The molecule has 1 aromatic carbocycles. The van der Waals surface area contributed by atoms with E-state index < -0.39 is 0 Å². The van der Waals surface area contributed by atoms with Crippen molar-refractivity contribution in [2.75, 3.05) is 24.8 Å². The van der Waals surface area contributed by atoms with Crippen molar-refractivity contribution in [2.45, 2.75) is 31.7 Å². The Morgan fingerprint density at radius 3 is 2.67 bits per heavy atom. The van der Waals surface area contributed by atoms with Gasteiger partial charge >= 0.3 is 5.97 Å². The van der Waals surface area contributed by atoms with Crippen LogP contribution in [0.2, 0.25) is 0 Å².